The Morgan fingerprint density at radius 2 is 1.02 bits per heavy atom. The Bertz CT molecular complexity index is 2170. The summed E-state index contributed by atoms with van der Waals surface area (Å²) < 4.78 is 2.67. The monoisotopic (exact) mass is 527 g/mol. The molecule has 1 nitrogen and oxygen atoms in total. The molecule has 0 amide bonds. The Kier molecular flexibility index (Phi) is 5.39. The van der Waals surface area contributed by atoms with Crippen LogP contribution in [-0.4, -0.2) is 0 Å². The van der Waals surface area contributed by atoms with Crippen LogP contribution in [0.5, 0.6) is 0 Å². The highest BCUT2D eigenvalue weighted by molar-refractivity contribution is 7.25. The Morgan fingerprint density at radius 1 is 0.375 bits per heavy atom. The van der Waals surface area contributed by atoms with E-state index in [-0.39, 0.29) is 0 Å². The van der Waals surface area contributed by atoms with Crippen LogP contribution in [0.15, 0.2) is 152 Å². The SMILES string of the molecule is c1ccc2cc(N(c3ccc(-c4ccc5sc6ccccc6c5c4)cc3)c3cccc4ccccc34)ccc2c1. The molecule has 0 unspecified atom stereocenters. The van der Waals surface area contributed by atoms with Crippen molar-refractivity contribution >= 4 is 70.1 Å². The second kappa shape index (κ2) is 9.37. The molecule has 8 aromatic rings. The van der Waals surface area contributed by atoms with E-state index in [0.29, 0.717) is 0 Å². The quantitative estimate of drug-likeness (QED) is 0.220. The molecule has 8 rings (SSSR count). The van der Waals surface area contributed by atoms with Crippen LogP contribution in [-0.2, 0) is 0 Å². The zero-order valence-electron chi connectivity index (χ0n) is 21.8. The van der Waals surface area contributed by atoms with Gasteiger partial charge in [0.2, 0.25) is 0 Å². The first-order chi connectivity index (χ1) is 19.8. The van der Waals surface area contributed by atoms with Gasteiger partial charge in [-0.25, -0.2) is 0 Å². The van der Waals surface area contributed by atoms with Gasteiger partial charge in [0.15, 0.2) is 0 Å². The van der Waals surface area contributed by atoms with Crippen LogP contribution < -0.4 is 4.90 Å². The van der Waals surface area contributed by atoms with Crippen molar-refractivity contribution in [3.05, 3.63) is 152 Å². The summed E-state index contributed by atoms with van der Waals surface area (Å²) in [6.45, 7) is 0. The van der Waals surface area contributed by atoms with Gasteiger partial charge in [0, 0.05) is 36.9 Å². The lowest BCUT2D eigenvalue weighted by Crippen LogP contribution is -2.10. The first-order valence-electron chi connectivity index (χ1n) is 13.6. The molecule has 0 spiro atoms. The lowest BCUT2D eigenvalue weighted by atomic mass is 10.0. The van der Waals surface area contributed by atoms with Crippen molar-refractivity contribution in [2.45, 2.75) is 0 Å². The van der Waals surface area contributed by atoms with Crippen LogP contribution in [0, 0.1) is 0 Å². The van der Waals surface area contributed by atoms with E-state index in [2.05, 4.69) is 157 Å². The Balaban J connectivity index is 1.27. The first kappa shape index (κ1) is 23.0. The summed E-state index contributed by atoms with van der Waals surface area (Å²) in [6.07, 6.45) is 0. The van der Waals surface area contributed by atoms with Gasteiger partial charge in [-0.2, -0.15) is 0 Å². The highest BCUT2D eigenvalue weighted by Crippen LogP contribution is 2.41. The lowest BCUT2D eigenvalue weighted by molar-refractivity contribution is 1.30. The second-order valence-electron chi connectivity index (χ2n) is 10.2. The van der Waals surface area contributed by atoms with Crippen molar-refractivity contribution in [3.8, 4) is 11.1 Å². The van der Waals surface area contributed by atoms with E-state index < -0.39 is 0 Å². The number of fused-ring (bicyclic) bond motifs is 5. The fourth-order valence-electron chi connectivity index (χ4n) is 5.85. The predicted octanol–water partition coefficient (Wildman–Crippen LogP) is 11.5. The van der Waals surface area contributed by atoms with E-state index in [9.17, 15) is 0 Å². The van der Waals surface area contributed by atoms with Crippen LogP contribution in [0.4, 0.5) is 17.1 Å². The molecular weight excluding hydrogens is 502 g/mol. The Hall–Kier alpha value is -4.92. The van der Waals surface area contributed by atoms with Crippen molar-refractivity contribution in [2.24, 2.45) is 0 Å². The number of rotatable bonds is 4. The van der Waals surface area contributed by atoms with Gasteiger partial charge in [0.1, 0.15) is 0 Å². The van der Waals surface area contributed by atoms with Gasteiger partial charge < -0.3 is 4.90 Å². The van der Waals surface area contributed by atoms with Crippen LogP contribution in [0.2, 0.25) is 0 Å². The maximum absolute atomic E-state index is 2.38. The van der Waals surface area contributed by atoms with E-state index in [1.807, 2.05) is 11.3 Å². The molecule has 0 bridgehead atoms. The van der Waals surface area contributed by atoms with Crippen LogP contribution in [0.3, 0.4) is 0 Å². The average molecular weight is 528 g/mol. The van der Waals surface area contributed by atoms with E-state index >= 15 is 0 Å². The van der Waals surface area contributed by atoms with Crippen molar-refractivity contribution < 1.29 is 0 Å². The molecule has 0 atom stereocenters. The summed E-state index contributed by atoms with van der Waals surface area (Å²) >= 11 is 1.86. The molecule has 0 saturated carbocycles. The third-order valence-corrected chi connectivity index (χ3v) is 8.99. The zero-order valence-corrected chi connectivity index (χ0v) is 22.6. The summed E-state index contributed by atoms with van der Waals surface area (Å²) in [4.78, 5) is 2.38. The number of benzene rings is 7. The smallest absolute Gasteiger partial charge is 0.0540 e. The maximum Gasteiger partial charge on any atom is 0.0540 e. The third kappa shape index (κ3) is 3.85. The third-order valence-electron chi connectivity index (χ3n) is 7.83. The Morgan fingerprint density at radius 3 is 1.90 bits per heavy atom. The molecule has 1 aromatic heterocycles. The fourth-order valence-corrected chi connectivity index (χ4v) is 6.94. The molecule has 0 aliphatic heterocycles. The fraction of sp³-hybridized carbons (Fsp3) is 0. The minimum Gasteiger partial charge on any atom is -0.310 e. The topological polar surface area (TPSA) is 3.24 Å². The van der Waals surface area contributed by atoms with Gasteiger partial charge in [0.05, 0.1) is 5.69 Å². The summed E-state index contributed by atoms with van der Waals surface area (Å²) in [6, 6.07) is 55.1. The van der Waals surface area contributed by atoms with Crippen LogP contribution >= 0.6 is 11.3 Å². The van der Waals surface area contributed by atoms with E-state index in [4.69, 9.17) is 0 Å². The van der Waals surface area contributed by atoms with Crippen molar-refractivity contribution in [2.75, 3.05) is 4.90 Å². The number of nitrogens with zero attached hydrogens (tertiary/aromatic N) is 1. The molecule has 0 N–H and O–H groups in total. The second-order valence-corrected chi connectivity index (χ2v) is 11.3. The number of hydrogen-bond donors (Lipinski definition) is 0. The van der Waals surface area contributed by atoms with Crippen molar-refractivity contribution in [3.63, 3.8) is 0 Å². The summed E-state index contributed by atoms with van der Waals surface area (Å²) in [5.41, 5.74) is 5.92. The van der Waals surface area contributed by atoms with Gasteiger partial charge in [-0.3, -0.25) is 0 Å². The van der Waals surface area contributed by atoms with Crippen molar-refractivity contribution in [1.82, 2.24) is 0 Å². The molecule has 7 aromatic carbocycles. The van der Waals surface area contributed by atoms with E-state index in [1.165, 1.54) is 58.5 Å². The molecule has 188 valence electrons. The molecule has 0 fully saturated rings. The minimum atomic E-state index is 1.14. The molecule has 0 radical (unpaired) electrons. The molecule has 2 heteroatoms. The van der Waals surface area contributed by atoms with E-state index in [0.717, 1.165) is 11.4 Å². The predicted molar refractivity (Wildman–Crippen MR) is 174 cm³/mol. The summed E-state index contributed by atoms with van der Waals surface area (Å²) in [5.74, 6) is 0. The standard InChI is InChI=1S/C38H25NS/c1-2-10-29-24-32(22-18-26(29)8-1)39(36-14-7-11-28-9-3-4-12-33(28)36)31-20-16-27(17-21-31)30-19-23-38-35(25-30)34-13-5-6-15-37(34)40-38/h1-25H. The van der Waals surface area contributed by atoms with Crippen LogP contribution in [0.25, 0.3) is 52.8 Å². The van der Waals surface area contributed by atoms with E-state index in [1.54, 1.807) is 0 Å². The van der Waals surface area contributed by atoms with Gasteiger partial charge in [-0.05, 0) is 75.8 Å². The summed E-state index contributed by atoms with van der Waals surface area (Å²) in [5, 5.41) is 7.61. The number of thiophene rings is 1. The number of anilines is 3. The molecule has 1 heterocycles. The molecule has 0 saturated heterocycles. The van der Waals surface area contributed by atoms with Gasteiger partial charge in [-0.1, -0.05) is 103 Å². The molecule has 40 heavy (non-hydrogen) atoms. The maximum atomic E-state index is 2.38. The number of hydrogen-bond acceptors (Lipinski definition) is 2. The van der Waals surface area contributed by atoms with Gasteiger partial charge >= 0.3 is 0 Å². The molecule has 0 aliphatic carbocycles. The minimum absolute atomic E-state index is 1.14. The largest absolute Gasteiger partial charge is 0.310 e. The Labute approximate surface area is 237 Å². The van der Waals surface area contributed by atoms with Crippen molar-refractivity contribution in [1.29, 1.82) is 0 Å². The van der Waals surface area contributed by atoms with Gasteiger partial charge in [-0.15, -0.1) is 11.3 Å². The molecular formula is C38H25NS. The first-order valence-corrected chi connectivity index (χ1v) is 14.4. The zero-order chi connectivity index (χ0) is 26.5. The summed E-state index contributed by atoms with van der Waals surface area (Å²) in [7, 11) is 0. The van der Waals surface area contributed by atoms with Gasteiger partial charge in [0.25, 0.3) is 0 Å². The molecule has 0 aliphatic rings. The van der Waals surface area contributed by atoms with Crippen LogP contribution in [0.1, 0.15) is 0 Å². The average Bonchev–Trinajstić information content (AvgIpc) is 3.40. The highest BCUT2D eigenvalue weighted by Gasteiger charge is 2.16. The lowest BCUT2D eigenvalue weighted by Gasteiger charge is -2.27. The normalized spacial score (nSPS) is 11.5. The highest BCUT2D eigenvalue weighted by atomic mass is 32.1.